The highest BCUT2D eigenvalue weighted by Crippen LogP contribution is 2.23. The maximum absolute atomic E-state index is 13.0. The summed E-state index contributed by atoms with van der Waals surface area (Å²) in [6.45, 7) is 8.92. The number of carbonyl (C=O) groups excluding carboxylic acids is 2. The summed E-state index contributed by atoms with van der Waals surface area (Å²) >= 11 is 0. The van der Waals surface area contributed by atoms with E-state index >= 15 is 0 Å². The molecule has 0 bridgehead atoms. The molecule has 38 heavy (non-hydrogen) atoms. The van der Waals surface area contributed by atoms with Crippen LogP contribution in [0.4, 0.5) is 17.2 Å². The van der Waals surface area contributed by atoms with Crippen LogP contribution in [0, 0.1) is 6.92 Å². The molecule has 2 saturated heterocycles. The summed E-state index contributed by atoms with van der Waals surface area (Å²) in [6.07, 6.45) is 1.65. The molecule has 1 aromatic heterocycles. The smallest absolute Gasteiger partial charge is 0.255 e. The van der Waals surface area contributed by atoms with Crippen LogP contribution in [0.2, 0.25) is 0 Å². The molecule has 3 heterocycles. The summed E-state index contributed by atoms with van der Waals surface area (Å²) in [4.78, 5) is 34.8. The van der Waals surface area contributed by atoms with Crippen LogP contribution in [0.5, 0.6) is 0 Å². The van der Waals surface area contributed by atoms with Crippen molar-refractivity contribution in [2.75, 3.05) is 68.1 Å². The normalized spacial score (nSPS) is 16.2. The quantitative estimate of drug-likeness (QED) is 0.497. The Morgan fingerprint density at radius 1 is 0.816 bits per heavy atom. The maximum atomic E-state index is 13.0. The van der Waals surface area contributed by atoms with Crippen LogP contribution in [0.25, 0.3) is 0 Å². The van der Waals surface area contributed by atoms with Crippen LogP contribution in [-0.2, 0) is 16.0 Å². The van der Waals surface area contributed by atoms with Gasteiger partial charge in [0.1, 0.15) is 5.82 Å². The molecule has 2 fully saturated rings. The van der Waals surface area contributed by atoms with Gasteiger partial charge in [-0.3, -0.25) is 14.5 Å². The lowest BCUT2D eigenvalue weighted by molar-refractivity contribution is 0.0342. The molecule has 2 aliphatic heterocycles. The summed E-state index contributed by atoms with van der Waals surface area (Å²) < 4.78 is 10.8. The van der Waals surface area contributed by atoms with E-state index in [9.17, 15) is 9.59 Å². The first-order valence-electron chi connectivity index (χ1n) is 13.0. The zero-order chi connectivity index (χ0) is 26.3. The van der Waals surface area contributed by atoms with Crippen molar-refractivity contribution in [3.05, 3.63) is 83.0 Å². The predicted molar refractivity (Wildman–Crippen MR) is 147 cm³/mol. The third kappa shape index (κ3) is 6.55. The number of anilines is 3. The van der Waals surface area contributed by atoms with Crippen LogP contribution in [0.3, 0.4) is 0 Å². The van der Waals surface area contributed by atoms with Crippen molar-refractivity contribution in [1.82, 2.24) is 9.88 Å². The number of morpholine rings is 2. The van der Waals surface area contributed by atoms with Gasteiger partial charge in [0.25, 0.3) is 11.8 Å². The number of hydrogen-bond acceptors (Lipinski definition) is 7. The van der Waals surface area contributed by atoms with Gasteiger partial charge in [-0.2, -0.15) is 0 Å². The lowest BCUT2D eigenvalue weighted by atomic mass is 10.1. The van der Waals surface area contributed by atoms with Gasteiger partial charge in [0.2, 0.25) is 0 Å². The van der Waals surface area contributed by atoms with Crippen molar-refractivity contribution >= 4 is 29.0 Å². The number of amides is 2. The third-order valence-corrected chi connectivity index (χ3v) is 6.81. The van der Waals surface area contributed by atoms with Crippen molar-refractivity contribution in [1.29, 1.82) is 0 Å². The molecular weight excluding hydrogens is 482 g/mol. The molecule has 2 N–H and O–H groups in total. The van der Waals surface area contributed by atoms with Crippen LogP contribution < -0.4 is 15.5 Å². The van der Waals surface area contributed by atoms with E-state index in [2.05, 4.69) is 25.4 Å². The van der Waals surface area contributed by atoms with Crippen LogP contribution in [0.15, 0.2) is 60.8 Å². The van der Waals surface area contributed by atoms with E-state index in [1.807, 2.05) is 43.3 Å². The van der Waals surface area contributed by atoms with E-state index in [0.29, 0.717) is 35.7 Å². The first-order chi connectivity index (χ1) is 18.5. The summed E-state index contributed by atoms with van der Waals surface area (Å²) in [5.74, 6) is 0.325. The molecule has 2 aliphatic rings. The van der Waals surface area contributed by atoms with E-state index in [1.54, 1.807) is 24.4 Å². The van der Waals surface area contributed by atoms with Crippen molar-refractivity contribution in [3.63, 3.8) is 0 Å². The Morgan fingerprint density at radius 3 is 2.24 bits per heavy atom. The number of aromatic nitrogens is 1. The molecule has 2 amide bonds. The van der Waals surface area contributed by atoms with Crippen molar-refractivity contribution in [3.8, 4) is 0 Å². The molecule has 9 heteroatoms. The molecule has 0 spiro atoms. The van der Waals surface area contributed by atoms with Gasteiger partial charge < -0.3 is 25.0 Å². The molecule has 9 nitrogen and oxygen atoms in total. The van der Waals surface area contributed by atoms with E-state index in [4.69, 9.17) is 9.47 Å². The lowest BCUT2D eigenvalue weighted by Crippen LogP contribution is -2.36. The molecule has 198 valence electrons. The van der Waals surface area contributed by atoms with E-state index in [0.717, 1.165) is 62.9 Å². The van der Waals surface area contributed by atoms with Gasteiger partial charge in [-0.15, -0.1) is 0 Å². The molecule has 0 radical (unpaired) electrons. The SMILES string of the molecule is Cc1ccc(NC(=O)c2ccnc(N3CCOCC3)c2)cc1NC(=O)c1ccc(CN2CCOCC2)cc1. The molecule has 3 aromatic rings. The molecule has 2 aromatic carbocycles. The highest BCUT2D eigenvalue weighted by Gasteiger charge is 2.16. The minimum Gasteiger partial charge on any atom is -0.379 e. The zero-order valence-electron chi connectivity index (χ0n) is 21.6. The Hall–Kier alpha value is -3.79. The minimum atomic E-state index is -0.237. The number of benzene rings is 2. The number of aryl methyl sites for hydroxylation is 1. The average molecular weight is 516 g/mol. The van der Waals surface area contributed by atoms with Crippen molar-refractivity contribution < 1.29 is 19.1 Å². The Labute approximate surface area is 222 Å². The van der Waals surface area contributed by atoms with Crippen molar-refractivity contribution in [2.45, 2.75) is 13.5 Å². The number of nitrogens with zero attached hydrogens (tertiary/aromatic N) is 3. The van der Waals surface area contributed by atoms with Crippen LogP contribution in [-0.4, -0.2) is 74.3 Å². The first-order valence-corrected chi connectivity index (χ1v) is 13.0. The number of hydrogen-bond donors (Lipinski definition) is 2. The van der Waals surface area contributed by atoms with Gasteiger partial charge in [0, 0.05) is 61.4 Å². The molecule has 5 rings (SSSR count). The van der Waals surface area contributed by atoms with Crippen molar-refractivity contribution in [2.24, 2.45) is 0 Å². The standard InChI is InChI=1S/C29H33N5O4/c1-21-2-7-25(31-29(36)24-8-9-30-27(18-24)34-12-16-38-17-13-34)19-26(21)32-28(35)23-5-3-22(4-6-23)20-33-10-14-37-15-11-33/h2-9,18-19H,10-17,20H2,1H3,(H,31,36)(H,32,35). The topological polar surface area (TPSA) is 96.0 Å². The van der Waals surface area contributed by atoms with E-state index < -0.39 is 0 Å². The second kappa shape index (κ2) is 12.2. The second-order valence-electron chi connectivity index (χ2n) is 9.53. The fourth-order valence-electron chi connectivity index (χ4n) is 4.54. The Balaban J connectivity index is 1.22. The van der Waals surface area contributed by atoms with E-state index in [1.165, 1.54) is 0 Å². The van der Waals surface area contributed by atoms with Gasteiger partial charge in [-0.1, -0.05) is 18.2 Å². The molecule has 0 aliphatic carbocycles. The lowest BCUT2D eigenvalue weighted by Gasteiger charge is -2.27. The molecule has 0 unspecified atom stereocenters. The number of ether oxygens (including phenoxy) is 2. The molecular formula is C29H33N5O4. The van der Waals surface area contributed by atoms with Gasteiger partial charge in [-0.05, 0) is 54.4 Å². The number of pyridine rings is 1. The third-order valence-electron chi connectivity index (χ3n) is 6.81. The molecule has 0 saturated carbocycles. The Bertz CT molecular complexity index is 1270. The number of rotatable bonds is 7. The number of nitrogens with one attached hydrogen (secondary N) is 2. The van der Waals surface area contributed by atoms with Gasteiger partial charge in [0.15, 0.2) is 0 Å². The first kappa shape index (κ1) is 25.8. The number of carbonyl (C=O) groups is 2. The molecule has 0 atom stereocenters. The highest BCUT2D eigenvalue weighted by molar-refractivity contribution is 6.07. The largest absolute Gasteiger partial charge is 0.379 e. The highest BCUT2D eigenvalue weighted by atomic mass is 16.5. The summed E-state index contributed by atoms with van der Waals surface area (Å²) in [5.41, 5.74) is 4.41. The summed E-state index contributed by atoms with van der Waals surface area (Å²) in [6, 6.07) is 16.7. The van der Waals surface area contributed by atoms with Gasteiger partial charge in [-0.25, -0.2) is 4.98 Å². The predicted octanol–water partition coefficient (Wildman–Crippen LogP) is 3.56. The Morgan fingerprint density at radius 2 is 1.50 bits per heavy atom. The minimum absolute atomic E-state index is 0.196. The fourth-order valence-corrected chi connectivity index (χ4v) is 4.54. The van der Waals surface area contributed by atoms with Gasteiger partial charge in [0.05, 0.1) is 26.4 Å². The zero-order valence-corrected chi connectivity index (χ0v) is 21.6. The van der Waals surface area contributed by atoms with Crippen LogP contribution >= 0.6 is 0 Å². The fraction of sp³-hybridized carbons (Fsp3) is 0.345. The second-order valence-corrected chi connectivity index (χ2v) is 9.53. The maximum Gasteiger partial charge on any atom is 0.255 e. The van der Waals surface area contributed by atoms with Crippen LogP contribution in [0.1, 0.15) is 31.8 Å². The Kier molecular flexibility index (Phi) is 8.28. The summed E-state index contributed by atoms with van der Waals surface area (Å²) in [7, 11) is 0. The van der Waals surface area contributed by atoms with Gasteiger partial charge >= 0.3 is 0 Å². The monoisotopic (exact) mass is 515 g/mol. The average Bonchev–Trinajstić information content (AvgIpc) is 2.96. The summed E-state index contributed by atoms with van der Waals surface area (Å²) in [5, 5.41) is 5.93. The van der Waals surface area contributed by atoms with E-state index in [-0.39, 0.29) is 11.8 Å².